The quantitative estimate of drug-likeness (QED) is 0.788. The molecule has 1 heterocycles. The lowest BCUT2D eigenvalue weighted by molar-refractivity contribution is 0.450. The van der Waals surface area contributed by atoms with Gasteiger partial charge >= 0.3 is 0 Å². The van der Waals surface area contributed by atoms with Crippen LogP contribution in [0.4, 0.5) is 4.39 Å². The molecule has 2 aromatic rings. The molecule has 1 aliphatic rings. The van der Waals surface area contributed by atoms with Crippen molar-refractivity contribution >= 4 is 11.6 Å². The number of ether oxygens (including phenoxy) is 1. The van der Waals surface area contributed by atoms with E-state index in [0.717, 1.165) is 18.4 Å². The maximum Gasteiger partial charge on any atom is 0.224 e. The van der Waals surface area contributed by atoms with Crippen LogP contribution in [0.1, 0.15) is 30.1 Å². The first-order chi connectivity index (χ1) is 9.11. The highest BCUT2D eigenvalue weighted by Gasteiger charge is 2.27. The maximum atomic E-state index is 13.2. The zero-order valence-corrected chi connectivity index (χ0v) is 11.1. The van der Waals surface area contributed by atoms with Crippen molar-refractivity contribution in [3.63, 3.8) is 0 Å². The molecule has 0 N–H and O–H groups in total. The van der Waals surface area contributed by atoms with E-state index in [-0.39, 0.29) is 5.82 Å². The van der Waals surface area contributed by atoms with E-state index in [2.05, 4.69) is 9.97 Å². The Labute approximate surface area is 115 Å². The minimum atomic E-state index is -0.344. The van der Waals surface area contributed by atoms with Crippen molar-refractivity contribution in [3.8, 4) is 11.6 Å². The van der Waals surface area contributed by atoms with Crippen LogP contribution in [0.5, 0.6) is 11.6 Å². The SMILES string of the molecule is Cc1ccc(F)cc1Oc1cc(Cl)nc(C2CC2)n1. The molecule has 0 amide bonds. The highest BCUT2D eigenvalue weighted by atomic mass is 35.5. The van der Waals surface area contributed by atoms with E-state index in [4.69, 9.17) is 16.3 Å². The van der Waals surface area contributed by atoms with Crippen LogP contribution in [0.25, 0.3) is 0 Å². The third kappa shape index (κ3) is 2.84. The van der Waals surface area contributed by atoms with Crippen molar-refractivity contribution in [2.45, 2.75) is 25.7 Å². The molecule has 1 aromatic heterocycles. The number of hydrogen-bond acceptors (Lipinski definition) is 3. The van der Waals surface area contributed by atoms with Gasteiger partial charge in [-0.2, -0.15) is 4.98 Å². The minimum Gasteiger partial charge on any atom is -0.438 e. The lowest BCUT2D eigenvalue weighted by Crippen LogP contribution is -1.97. The smallest absolute Gasteiger partial charge is 0.224 e. The molecule has 1 fully saturated rings. The number of hydrogen-bond donors (Lipinski definition) is 0. The molecule has 0 radical (unpaired) electrons. The standard InChI is InChI=1S/C14H12ClFN2O/c1-8-2-5-10(16)6-11(8)19-13-7-12(15)17-14(18-13)9-3-4-9/h2,5-7,9H,3-4H2,1H3. The average molecular weight is 279 g/mol. The van der Waals surface area contributed by atoms with Crippen LogP contribution >= 0.6 is 11.6 Å². The molecular formula is C14H12ClFN2O. The molecule has 1 aliphatic carbocycles. The summed E-state index contributed by atoms with van der Waals surface area (Å²) in [5, 5.41) is 0.348. The zero-order valence-electron chi connectivity index (χ0n) is 10.4. The second-order valence-electron chi connectivity index (χ2n) is 4.67. The van der Waals surface area contributed by atoms with Crippen LogP contribution in [0, 0.1) is 12.7 Å². The van der Waals surface area contributed by atoms with E-state index in [0.29, 0.717) is 28.5 Å². The van der Waals surface area contributed by atoms with Crippen molar-refractivity contribution in [2.75, 3.05) is 0 Å². The van der Waals surface area contributed by atoms with Gasteiger partial charge in [0, 0.05) is 18.1 Å². The van der Waals surface area contributed by atoms with Gasteiger partial charge in [-0.05, 0) is 31.4 Å². The van der Waals surface area contributed by atoms with E-state index >= 15 is 0 Å². The van der Waals surface area contributed by atoms with Crippen molar-refractivity contribution in [3.05, 3.63) is 46.6 Å². The summed E-state index contributed by atoms with van der Waals surface area (Å²) in [6, 6.07) is 5.93. The molecule has 0 bridgehead atoms. The highest BCUT2D eigenvalue weighted by molar-refractivity contribution is 6.29. The molecule has 1 aromatic carbocycles. The number of aromatic nitrogens is 2. The first-order valence-corrected chi connectivity index (χ1v) is 6.48. The molecule has 0 atom stereocenters. The van der Waals surface area contributed by atoms with Crippen molar-refractivity contribution in [1.82, 2.24) is 9.97 Å². The Bertz CT molecular complexity index is 629. The van der Waals surface area contributed by atoms with Crippen LogP contribution in [-0.4, -0.2) is 9.97 Å². The average Bonchev–Trinajstić information content (AvgIpc) is 3.17. The second kappa shape index (κ2) is 4.78. The number of benzene rings is 1. The summed E-state index contributed by atoms with van der Waals surface area (Å²) in [5.41, 5.74) is 0.837. The van der Waals surface area contributed by atoms with Gasteiger partial charge in [0.2, 0.25) is 5.88 Å². The third-order valence-electron chi connectivity index (χ3n) is 3.00. The normalized spacial score (nSPS) is 14.5. The van der Waals surface area contributed by atoms with Gasteiger partial charge in [0.15, 0.2) is 0 Å². The summed E-state index contributed by atoms with van der Waals surface area (Å²) < 4.78 is 18.8. The summed E-state index contributed by atoms with van der Waals surface area (Å²) in [4.78, 5) is 8.50. The number of rotatable bonds is 3. The zero-order chi connectivity index (χ0) is 13.4. The monoisotopic (exact) mass is 278 g/mol. The van der Waals surface area contributed by atoms with Gasteiger partial charge in [0.1, 0.15) is 22.5 Å². The lowest BCUT2D eigenvalue weighted by Gasteiger charge is -2.09. The summed E-state index contributed by atoms with van der Waals surface area (Å²) >= 11 is 5.95. The Morgan fingerprint density at radius 1 is 1.26 bits per heavy atom. The Kier molecular flexibility index (Phi) is 3.11. The molecular weight excluding hydrogens is 267 g/mol. The number of nitrogens with zero attached hydrogens (tertiary/aromatic N) is 2. The Morgan fingerprint density at radius 2 is 2.05 bits per heavy atom. The van der Waals surface area contributed by atoms with Crippen molar-refractivity contribution < 1.29 is 9.13 Å². The van der Waals surface area contributed by atoms with Crippen LogP contribution in [0.15, 0.2) is 24.3 Å². The summed E-state index contributed by atoms with van der Waals surface area (Å²) in [7, 11) is 0. The Morgan fingerprint density at radius 3 is 2.79 bits per heavy atom. The van der Waals surface area contributed by atoms with Gasteiger partial charge in [-0.3, -0.25) is 0 Å². The van der Waals surface area contributed by atoms with E-state index < -0.39 is 0 Å². The number of aryl methyl sites for hydroxylation is 1. The fraction of sp³-hybridized carbons (Fsp3) is 0.286. The predicted molar refractivity (Wildman–Crippen MR) is 70.2 cm³/mol. The fourth-order valence-electron chi connectivity index (χ4n) is 1.79. The Hall–Kier alpha value is -1.68. The van der Waals surface area contributed by atoms with Crippen LogP contribution in [0.2, 0.25) is 5.15 Å². The molecule has 0 spiro atoms. The van der Waals surface area contributed by atoms with Crippen molar-refractivity contribution in [2.24, 2.45) is 0 Å². The van der Waals surface area contributed by atoms with Crippen LogP contribution in [0.3, 0.4) is 0 Å². The second-order valence-corrected chi connectivity index (χ2v) is 5.06. The molecule has 3 nitrogen and oxygen atoms in total. The topological polar surface area (TPSA) is 35.0 Å². The molecule has 1 saturated carbocycles. The summed E-state index contributed by atoms with van der Waals surface area (Å²) in [6.45, 7) is 1.85. The van der Waals surface area contributed by atoms with E-state index in [1.54, 1.807) is 6.07 Å². The van der Waals surface area contributed by atoms with Gasteiger partial charge in [0.25, 0.3) is 0 Å². The first kappa shape index (κ1) is 12.4. The van der Waals surface area contributed by atoms with Gasteiger partial charge in [-0.25, -0.2) is 9.37 Å². The van der Waals surface area contributed by atoms with Gasteiger partial charge in [-0.15, -0.1) is 0 Å². The minimum absolute atomic E-state index is 0.344. The molecule has 19 heavy (non-hydrogen) atoms. The van der Waals surface area contributed by atoms with Crippen molar-refractivity contribution in [1.29, 1.82) is 0 Å². The van der Waals surface area contributed by atoms with E-state index in [1.807, 2.05) is 6.92 Å². The largest absolute Gasteiger partial charge is 0.438 e. The fourth-order valence-corrected chi connectivity index (χ4v) is 1.97. The Balaban J connectivity index is 1.92. The lowest BCUT2D eigenvalue weighted by atomic mass is 10.2. The molecule has 3 rings (SSSR count). The van der Waals surface area contributed by atoms with Gasteiger partial charge < -0.3 is 4.74 Å². The van der Waals surface area contributed by atoms with Crippen LogP contribution < -0.4 is 4.74 Å². The molecule has 0 saturated heterocycles. The third-order valence-corrected chi connectivity index (χ3v) is 3.19. The molecule has 0 unspecified atom stereocenters. The highest BCUT2D eigenvalue weighted by Crippen LogP contribution is 2.39. The predicted octanol–water partition coefficient (Wildman–Crippen LogP) is 4.25. The van der Waals surface area contributed by atoms with Gasteiger partial charge in [-0.1, -0.05) is 17.7 Å². The molecule has 0 aliphatic heterocycles. The summed E-state index contributed by atoms with van der Waals surface area (Å²) in [5.74, 6) is 1.54. The van der Waals surface area contributed by atoms with E-state index in [9.17, 15) is 4.39 Å². The summed E-state index contributed by atoms with van der Waals surface area (Å²) in [6.07, 6.45) is 2.16. The van der Waals surface area contributed by atoms with Crippen LogP contribution in [-0.2, 0) is 0 Å². The molecule has 98 valence electrons. The van der Waals surface area contributed by atoms with Gasteiger partial charge in [0.05, 0.1) is 0 Å². The number of halogens is 2. The maximum absolute atomic E-state index is 13.2. The molecule has 5 heteroatoms. The first-order valence-electron chi connectivity index (χ1n) is 6.10. The van der Waals surface area contributed by atoms with E-state index in [1.165, 1.54) is 18.2 Å².